The minimum absolute atomic E-state index is 0.0550. The first-order valence-corrected chi connectivity index (χ1v) is 5.11. The van der Waals surface area contributed by atoms with Gasteiger partial charge in [0.05, 0.1) is 0 Å². The highest BCUT2D eigenvalue weighted by molar-refractivity contribution is 6.30. The summed E-state index contributed by atoms with van der Waals surface area (Å²) in [5, 5.41) is 10.2. The molecule has 0 heterocycles. The van der Waals surface area contributed by atoms with Gasteiger partial charge in [0.2, 0.25) is 0 Å². The van der Waals surface area contributed by atoms with Gasteiger partial charge in [-0.05, 0) is 36.1 Å². The Bertz CT molecular complexity index is 312. The van der Waals surface area contributed by atoms with E-state index in [2.05, 4.69) is 13.8 Å². The summed E-state index contributed by atoms with van der Waals surface area (Å²) in [6, 6.07) is 5.09. The van der Waals surface area contributed by atoms with Crippen LogP contribution in [0.3, 0.4) is 0 Å². The third-order valence-electron chi connectivity index (χ3n) is 2.35. The molecule has 0 aliphatic rings. The van der Waals surface area contributed by atoms with Crippen molar-refractivity contribution in [3.8, 4) is 5.75 Å². The molecule has 0 fully saturated rings. The van der Waals surface area contributed by atoms with Crippen LogP contribution in [-0.4, -0.2) is 11.1 Å². The number of aromatic hydroxyl groups is 1. The Morgan fingerprint density at radius 2 is 2.07 bits per heavy atom. The van der Waals surface area contributed by atoms with Crippen LogP contribution in [0.5, 0.6) is 5.75 Å². The molecule has 2 nitrogen and oxygen atoms in total. The number of hydrogen-bond acceptors (Lipinski definition) is 2. The molecule has 1 unspecified atom stereocenters. The van der Waals surface area contributed by atoms with E-state index >= 15 is 0 Å². The molecule has 0 amide bonds. The second kappa shape index (κ2) is 4.67. The smallest absolute Gasteiger partial charge is 0.118 e. The molecular weight excluding hydrogens is 198 g/mol. The van der Waals surface area contributed by atoms with Gasteiger partial charge in [0.25, 0.3) is 0 Å². The first kappa shape index (κ1) is 11.3. The summed E-state index contributed by atoms with van der Waals surface area (Å²) in [7, 11) is 0. The van der Waals surface area contributed by atoms with Gasteiger partial charge in [0.15, 0.2) is 0 Å². The van der Waals surface area contributed by atoms with Gasteiger partial charge in [-0.25, -0.2) is 0 Å². The lowest BCUT2D eigenvalue weighted by Crippen LogP contribution is -2.28. The van der Waals surface area contributed by atoms with Crippen LogP contribution in [0.4, 0.5) is 0 Å². The van der Waals surface area contributed by atoms with E-state index in [0.29, 0.717) is 17.4 Å². The topological polar surface area (TPSA) is 46.2 Å². The van der Waals surface area contributed by atoms with E-state index in [1.807, 2.05) is 0 Å². The molecule has 0 saturated carbocycles. The lowest BCUT2D eigenvalue weighted by Gasteiger charge is -2.16. The normalized spacial score (nSPS) is 13.2. The highest BCUT2D eigenvalue weighted by Gasteiger charge is 2.11. The van der Waals surface area contributed by atoms with E-state index in [0.717, 1.165) is 5.56 Å². The Hall–Kier alpha value is -0.730. The van der Waals surface area contributed by atoms with E-state index in [-0.39, 0.29) is 11.8 Å². The molecule has 3 N–H and O–H groups in total. The zero-order chi connectivity index (χ0) is 10.7. The van der Waals surface area contributed by atoms with Crippen molar-refractivity contribution in [2.75, 3.05) is 0 Å². The fourth-order valence-corrected chi connectivity index (χ4v) is 1.40. The maximum absolute atomic E-state index is 9.55. The summed E-state index contributed by atoms with van der Waals surface area (Å²) in [5.74, 6) is 0.666. The largest absolute Gasteiger partial charge is 0.508 e. The van der Waals surface area contributed by atoms with Crippen LogP contribution in [0.25, 0.3) is 0 Å². The number of phenols is 1. The van der Waals surface area contributed by atoms with Crippen LogP contribution in [0, 0.1) is 5.92 Å². The number of rotatable bonds is 3. The van der Waals surface area contributed by atoms with Crippen molar-refractivity contribution in [1.82, 2.24) is 0 Å². The van der Waals surface area contributed by atoms with E-state index < -0.39 is 0 Å². The average Bonchev–Trinajstić information content (AvgIpc) is 2.11. The molecule has 1 rings (SSSR count). The van der Waals surface area contributed by atoms with Crippen molar-refractivity contribution in [3.63, 3.8) is 0 Å². The summed E-state index contributed by atoms with van der Waals surface area (Å²) < 4.78 is 0. The Morgan fingerprint density at radius 1 is 1.43 bits per heavy atom. The predicted octanol–water partition coefficient (Wildman–Crippen LogP) is 2.57. The average molecular weight is 214 g/mol. The molecule has 1 aromatic rings. The summed E-state index contributed by atoms with van der Waals surface area (Å²) in [4.78, 5) is 0. The third kappa shape index (κ3) is 2.89. The standard InChI is InChI=1S/C11H16ClNO/c1-7(2)10(13)6-8-5-9(12)3-4-11(8)14/h3-5,7,10,14H,6,13H2,1-2H3. The molecule has 1 atom stereocenters. The van der Waals surface area contributed by atoms with E-state index in [4.69, 9.17) is 17.3 Å². The summed E-state index contributed by atoms with van der Waals surface area (Å²) in [6.07, 6.45) is 0.657. The lowest BCUT2D eigenvalue weighted by molar-refractivity contribution is 0.448. The molecular formula is C11H16ClNO. The first-order chi connectivity index (χ1) is 6.50. The zero-order valence-corrected chi connectivity index (χ0v) is 9.25. The van der Waals surface area contributed by atoms with Gasteiger partial charge in [-0.15, -0.1) is 0 Å². The van der Waals surface area contributed by atoms with Gasteiger partial charge >= 0.3 is 0 Å². The van der Waals surface area contributed by atoms with Crippen LogP contribution < -0.4 is 5.73 Å². The van der Waals surface area contributed by atoms with E-state index in [1.54, 1.807) is 18.2 Å². The van der Waals surface area contributed by atoms with Crippen LogP contribution >= 0.6 is 11.6 Å². The van der Waals surface area contributed by atoms with Crippen molar-refractivity contribution in [1.29, 1.82) is 0 Å². The molecule has 0 bridgehead atoms. The fourth-order valence-electron chi connectivity index (χ4n) is 1.21. The fraction of sp³-hybridized carbons (Fsp3) is 0.455. The van der Waals surface area contributed by atoms with Crippen LogP contribution in [0.1, 0.15) is 19.4 Å². The predicted molar refractivity (Wildman–Crippen MR) is 59.6 cm³/mol. The second-order valence-corrected chi connectivity index (χ2v) is 4.32. The minimum Gasteiger partial charge on any atom is -0.508 e. The molecule has 0 aliphatic carbocycles. The van der Waals surface area contributed by atoms with Crippen molar-refractivity contribution >= 4 is 11.6 Å². The van der Waals surface area contributed by atoms with E-state index in [1.165, 1.54) is 0 Å². The Balaban J connectivity index is 2.80. The highest BCUT2D eigenvalue weighted by Crippen LogP contribution is 2.23. The molecule has 1 aromatic carbocycles. The summed E-state index contributed by atoms with van der Waals surface area (Å²) in [5.41, 5.74) is 6.73. The Labute approximate surface area is 89.7 Å². The molecule has 0 spiro atoms. The van der Waals surface area contributed by atoms with Crippen LogP contribution in [-0.2, 0) is 6.42 Å². The van der Waals surface area contributed by atoms with Crippen LogP contribution in [0.15, 0.2) is 18.2 Å². The van der Waals surface area contributed by atoms with Gasteiger partial charge < -0.3 is 10.8 Å². The number of phenolic OH excluding ortho intramolecular Hbond substituents is 1. The van der Waals surface area contributed by atoms with Gasteiger partial charge in [-0.3, -0.25) is 0 Å². The van der Waals surface area contributed by atoms with Gasteiger partial charge in [0.1, 0.15) is 5.75 Å². The number of nitrogens with two attached hydrogens (primary N) is 1. The molecule has 0 saturated heterocycles. The van der Waals surface area contributed by atoms with Crippen molar-refractivity contribution in [3.05, 3.63) is 28.8 Å². The van der Waals surface area contributed by atoms with Gasteiger partial charge in [-0.1, -0.05) is 25.4 Å². The maximum atomic E-state index is 9.55. The Morgan fingerprint density at radius 3 is 2.64 bits per heavy atom. The number of hydrogen-bond donors (Lipinski definition) is 2. The number of benzene rings is 1. The molecule has 0 aliphatic heterocycles. The maximum Gasteiger partial charge on any atom is 0.118 e. The highest BCUT2D eigenvalue weighted by atomic mass is 35.5. The quantitative estimate of drug-likeness (QED) is 0.811. The van der Waals surface area contributed by atoms with Crippen molar-refractivity contribution in [2.24, 2.45) is 11.7 Å². The monoisotopic (exact) mass is 213 g/mol. The molecule has 0 radical (unpaired) electrons. The SMILES string of the molecule is CC(C)C(N)Cc1cc(Cl)ccc1O. The minimum atomic E-state index is 0.0550. The molecule has 0 aromatic heterocycles. The van der Waals surface area contributed by atoms with Gasteiger partial charge in [-0.2, -0.15) is 0 Å². The first-order valence-electron chi connectivity index (χ1n) is 4.73. The van der Waals surface area contributed by atoms with Crippen molar-refractivity contribution in [2.45, 2.75) is 26.3 Å². The summed E-state index contributed by atoms with van der Waals surface area (Å²) in [6.45, 7) is 4.12. The third-order valence-corrected chi connectivity index (χ3v) is 2.59. The van der Waals surface area contributed by atoms with Crippen molar-refractivity contribution < 1.29 is 5.11 Å². The zero-order valence-electron chi connectivity index (χ0n) is 8.50. The number of halogens is 1. The van der Waals surface area contributed by atoms with Crippen LogP contribution in [0.2, 0.25) is 5.02 Å². The summed E-state index contributed by atoms with van der Waals surface area (Å²) >= 11 is 5.83. The Kier molecular flexibility index (Phi) is 3.78. The lowest BCUT2D eigenvalue weighted by atomic mass is 9.97. The second-order valence-electron chi connectivity index (χ2n) is 3.89. The van der Waals surface area contributed by atoms with E-state index in [9.17, 15) is 5.11 Å². The molecule has 3 heteroatoms. The molecule has 14 heavy (non-hydrogen) atoms. The molecule has 78 valence electrons. The van der Waals surface area contributed by atoms with Gasteiger partial charge in [0, 0.05) is 11.1 Å².